The molecule has 1 atom stereocenters. The molecule has 0 radical (unpaired) electrons. The molecule has 2 amide bonds. The maximum absolute atomic E-state index is 11.3. The largest absolute Gasteiger partial charge is 0.326 e. The van der Waals surface area contributed by atoms with Crippen LogP contribution in [0.25, 0.3) is 0 Å². The Morgan fingerprint density at radius 2 is 1.56 bits per heavy atom. The van der Waals surface area contributed by atoms with Crippen LogP contribution in [0.4, 0.5) is 11.4 Å². The number of aryl methyl sites for hydroxylation is 2. The van der Waals surface area contributed by atoms with Gasteiger partial charge in [0.1, 0.15) is 5.38 Å². The van der Waals surface area contributed by atoms with Crippen LogP contribution in [0, 0.1) is 0 Å². The van der Waals surface area contributed by atoms with E-state index >= 15 is 0 Å². The molecule has 142 valence electrons. The fraction of sp³-hybridized carbons (Fsp3) is 0.300. The number of nitrogens with one attached hydrogen (secondary N) is 2. The quantitative estimate of drug-likeness (QED) is 0.566. The predicted molar refractivity (Wildman–Crippen MR) is 117 cm³/mol. The maximum Gasteiger partial charge on any atom is 0.247 e. The molecule has 2 aliphatic heterocycles. The van der Waals surface area contributed by atoms with Crippen LogP contribution in [0.1, 0.15) is 27.6 Å². The topological polar surface area (TPSA) is 58.2 Å². The van der Waals surface area contributed by atoms with E-state index in [1.807, 2.05) is 30.3 Å². The van der Waals surface area contributed by atoms with E-state index < -0.39 is 5.38 Å². The maximum atomic E-state index is 11.3. The molecule has 27 heavy (non-hydrogen) atoms. The summed E-state index contributed by atoms with van der Waals surface area (Å²) in [6, 6.07) is 11.9. The number of hydrogen-bond acceptors (Lipinski definition) is 2. The molecule has 1 unspecified atom stereocenters. The van der Waals surface area contributed by atoms with Crippen LogP contribution >= 0.6 is 43.5 Å². The van der Waals surface area contributed by atoms with Crippen LogP contribution in [0.2, 0.25) is 0 Å². The summed E-state index contributed by atoms with van der Waals surface area (Å²) < 4.78 is 0. The lowest BCUT2D eigenvalue weighted by Gasteiger charge is -2.06. The van der Waals surface area contributed by atoms with E-state index in [0.29, 0.717) is 6.42 Å². The van der Waals surface area contributed by atoms with Crippen molar-refractivity contribution in [2.45, 2.75) is 24.6 Å². The van der Waals surface area contributed by atoms with Gasteiger partial charge in [0.25, 0.3) is 0 Å². The summed E-state index contributed by atoms with van der Waals surface area (Å²) in [5, 5.41) is 6.89. The van der Waals surface area contributed by atoms with Crippen LogP contribution in [-0.2, 0) is 28.9 Å². The van der Waals surface area contributed by atoms with E-state index in [4.69, 9.17) is 11.6 Å². The second-order valence-corrected chi connectivity index (χ2v) is 8.30. The first-order chi connectivity index (χ1) is 13.0. The fourth-order valence-corrected chi connectivity index (χ4v) is 4.49. The zero-order chi connectivity index (χ0) is 19.4. The van der Waals surface area contributed by atoms with Gasteiger partial charge in [-0.25, -0.2) is 0 Å². The molecule has 0 saturated carbocycles. The molecule has 0 aliphatic carbocycles. The van der Waals surface area contributed by atoms with Crippen molar-refractivity contribution in [1.29, 1.82) is 0 Å². The lowest BCUT2D eigenvalue weighted by atomic mass is 10.0. The Hall–Kier alpha value is -1.37. The molecule has 0 bridgehead atoms. The molecule has 0 saturated heterocycles. The van der Waals surface area contributed by atoms with Crippen LogP contribution in [-0.4, -0.2) is 22.5 Å². The van der Waals surface area contributed by atoms with E-state index in [1.54, 1.807) is 0 Å². The summed E-state index contributed by atoms with van der Waals surface area (Å²) in [6.07, 6.45) is 2.41. The lowest BCUT2D eigenvalue weighted by Crippen LogP contribution is -2.07. The Morgan fingerprint density at radius 1 is 0.926 bits per heavy atom. The minimum Gasteiger partial charge on any atom is -0.326 e. The molecular weight excluding hydrogens is 495 g/mol. The number of anilines is 2. The van der Waals surface area contributed by atoms with Gasteiger partial charge in [-0.3, -0.25) is 9.59 Å². The van der Waals surface area contributed by atoms with Crippen LogP contribution in [0.5, 0.6) is 0 Å². The molecule has 2 N–H and O–H groups in total. The number of carbonyl (C=O) groups excluding carboxylic acids is 2. The second kappa shape index (κ2) is 9.22. The van der Waals surface area contributed by atoms with Crippen molar-refractivity contribution in [2.24, 2.45) is 0 Å². The average Bonchev–Trinajstić information content (AvgIpc) is 3.17. The molecule has 2 aliphatic rings. The van der Waals surface area contributed by atoms with E-state index in [-0.39, 0.29) is 11.8 Å². The Labute approximate surface area is 180 Å². The number of benzene rings is 2. The van der Waals surface area contributed by atoms with Crippen molar-refractivity contribution >= 4 is 66.6 Å². The molecule has 0 fully saturated rings. The van der Waals surface area contributed by atoms with Gasteiger partial charge in [0.05, 0.1) is 6.42 Å². The van der Waals surface area contributed by atoms with Crippen molar-refractivity contribution in [3.05, 3.63) is 58.7 Å². The zero-order valence-corrected chi connectivity index (χ0v) is 18.5. The number of alkyl halides is 3. The van der Waals surface area contributed by atoms with Gasteiger partial charge >= 0.3 is 0 Å². The molecule has 0 spiro atoms. The van der Waals surface area contributed by atoms with Crippen molar-refractivity contribution < 1.29 is 9.59 Å². The first kappa shape index (κ1) is 20.4. The van der Waals surface area contributed by atoms with Gasteiger partial charge in [-0.15, -0.1) is 11.6 Å². The molecule has 2 aromatic carbocycles. The zero-order valence-electron chi connectivity index (χ0n) is 14.5. The highest BCUT2D eigenvalue weighted by Gasteiger charge is 2.30. The second-order valence-electron chi connectivity index (χ2n) is 6.28. The average molecular weight is 515 g/mol. The number of fused-ring (bicyclic) bond motifs is 2. The normalized spacial score (nSPS) is 16.8. The van der Waals surface area contributed by atoms with Gasteiger partial charge in [-0.1, -0.05) is 56.1 Å². The van der Waals surface area contributed by atoms with E-state index in [2.05, 4.69) is 48.6 Å². The molecule has 4 nitrogen and oxygen atoms in total. The summed E-state index contributed by atoms with van der Waals surface area (Å²) >= 11 is 12.8. The van der Waals surface area contributed by atoms with E-state index in [0.717, 1.165) is 46.0 Å². The number of hydrogen-bond donors (Lipinski definition) is 2. The summed E-state index contributed by atoms with van der Waals surface area (Å²) in [4.78, 5) is 22.5. The van der Waals surface area contributed by atoms with Gasteiger partial charge in [-0.05, 0) is 41.7 Å². The molecule has 0 aromatic heterocycles. The first-order valence-electron chi connectivity index (χ1n) is 8.64. The third kappa shape index (κ3) is 4.55. The molecule has 2 aromatic rings. The van der Waals surface area contributed by atoms with Crippen molar-refractivity contribution in [1.82, 2.24) is 0 Å². The highest BCUT2D eigenvalue weighted by Crippen LogP contribution is 2.37. The lowest BCUT2D eigenvalue weighted by molar-refractivity contribution is -0.116. The molecule has 2 heterocycles. The van der Waals surface area contributed by atoms with Gasteiger partial charge in [0, 0.05) is 27.6 Å². The van der Waals surface area contributed by atoms with E-state index in [1.165, 1.54) is 11.1 Å². The monoisotopic (exact) mass is 512 g/mol. The molecular formula is C20H19Br2ClN2O2. The highest BCUT2D eigenvalue weighted by atomic mass is 79.9. The van der Waals surface area contributed by atoms with Crippen LogP contribution in [0.3, 0.4) is 0 Å². The summed E-state index contributed by atoms with van der Waals surface area (Å²) in [7, 11) is 0. The minimum absolute atomic E-state index is 0.108. The van der Waals surface area contributed by atoms with Gasteiger partial charge in [0.15, 0.2) is 0 Å². The molecule has 7 heteroatoms. The summed E-state index contributed by atoms with van der Waals surface area (Å²) in [6.45, 7) is 0. The van der Waals surface area contributed by atoms with Gasteiger partial charge in [0.2, 0.25) is 11.8 Å². The molecule has 4 rings (SSSR count). The Kier molecular flexibility index (Phi) is 6.95. The predicted octanol–water partition coefficient (Wildman–Crippen LogP) is 4.97. The first-order valence-corrected chi connectivity index (χ1v) is 11.3. The van der Waals surface area contributed by atoms with Gasteiger partial charge in [-0.2, -0.15) is 0 Å². The SMILES string of the molecule is O=C1Cc2c(CCBr)cccc2N1.O=C1Nc2cccc(CCBr)c2C1Cl. The van der Waals surface area contributed by atoms with Crippen LogP contribution < -0.4 is 10.6 Å². The van der Waals surface area contributed by atoms with Crippen molar-refractivity contribution in [3.63, 3.8) is 0 Å². The Bertz CT molecular complexity index is 873. The fourth-order valence-electron chi connectivity index (χ4n) is 3.32. The van der Waals surface area contributed by atoms with Crippen LogP contribution in [0.15, 0.2) is 36.4 Å². The Morgan fingerprint density at radius 3 is 2.26 bits per heavy atom. The number of halogens is 3. The van der Waals surface area contributed by atoms with E-state index in [9.17, 15) is 9.59 Å². The van der Waals surface area contributed by atoms with Crippen molar-refractivity contribution in [2.75, 3.05) is 21.3 Å². The summed E-state index contributed by atoms with van der Waals surface area (Å²) in [5.74, 6) is -0.0132. The highest BCUT2D eigenvalue weighted by molar-refractivity contribution is 9.09. The third-order valence-corrected chi connectivity index (χ3v) is 5.76. The summed E-state index contributed by atoms with van der Waals surface area (Å²) in [5.41, 5.74) is 6.37. The van der Waals surface area contributed by atoms with Crippen molar-refractivity contribution in [3.8, 4) is 0 Å². The number of amides is 2. The number of rotatable bonds is 4. The Balaban J connectivity index is 0.000000156. The third-order valence-electron chi connectivity index (χ3n) is 4.55. The smallest absolute Gasteiger partial charge is 0.247 e. The minimum atomic E-state index is -0.528. The number of carbonyl (C=O) groups is 2. The standard InChI is InChI=1S/C10H9BrClNO.C10H10BrNO/c11-5-4-6-2-1-3-7-8(6)9(12)10(14)13-7;11-5-4-7-2-1-3-9-8(7)6-10(13)12-9/h1-3,9H,4-5H2,(H,13,14);1-3H,4-6H2,(H,12,13). The van der Waals surface area contributed by atoms with Gasteiger partial charge < -0.3 is 10.6 Å².